The Morgan fingerprint density at radius 2 is 1.94 bits per heavy atom. The third-order valence-corrected chi connectivity index (χ3v) is 3.31. The van der Waals surface area contributed by atoms with Crippen LogP contribution in [0.4, 0.5) is 5.69 Å². The first-order valence-corrected chi connectivity index (χ1v) is 7.85. The van der Waals surface area contributed by atoms with Gasteiger partial charge in [-0.05, 0) is 41.4 Å². The fourth-order valence-electron chi connectivity index (χ4n) is 1.63. The molecule has 0 aliphatic rings. The monoisotopic (exact) mass is 357 g/mol. The predicted octanol–water partition coefficient (Wildman–Crippen LogP) is 4.65. The van der Waals surface area contributed by atoms with Crippen LogP contribution in [0.25, 0.3) is 6.08 Å². The molecule has 1 aromatic carbocycles. The van der Waals surface area contributed by atoms with Gasteiger partial charge in [0.25, 0.3) is 0 Å². The van der Waals surface area contributed by atoms with E-state index in [1.165, 1.54) is 36.2 Å². The number of amides is 1. The average Bonchev–Trinajstić information content (AvgIpc) is 2.35. The van der Waals surface area contributed by atoms with Gasteiger partial charge >= 0.3 is 0 Å². The molecule has 0 saturated carbocycles. The van der Waals surface area contributed by atoms with Gasteiger partial charge in [0.15, 0.2) is 0 Å². The van der Waals surface area contributed by atoms with Gasteiger partial charge in [-0.3, -0.25) is 4.79 Å². The molecule has 0 atom stereocenters. The summed E-state index contributed by atoms with van der Waals surface area (Å²) in [5, 5.41) is 2.76. The summed E-state index contributed by atoms with van der Waals surface area (Å²) in [7, 11) is 0. The molecule has 0 aliphatic carbocycles. The number of rotatable bonds is 7. The van der Waals surface area contributed by atoms with Gasteiger partial charge in [0.2, 0.25) is 5.91 Å². The average molecular weight is 357 g/mol. The minimum Gasteiger partial charge on any atom is -0.326 e. The van der Waals surface area contributed by atoms with E-state index in [1.54, 1.807) is 0 Å². The molecule has 2 nitrogen and oxygen atoms in total. The normalized spacial score (nSPS) is 10.8. The van der Waals surface area contributed by atoms with E-state index in [4.69, 9.17) is 0 Å². The van der Waals surface area contributed by atoms with Crippen molar-refractivity contribution < 1.29 is 4.79 Å². The Hall–Kier alpha value is -0.840. The standard InChI is InChI=1S/C15H20INO/c1-13(18)17-15-10-8-14(9-11-15)7-5-3-2-4-6-12-16/h5,7-11H,2-4,6,12H2,1H3,(H,17,18). The maximum Gasteiger partial charge on any atom is 0.221 e. The summed E-state index contributed by atoms with van der Waals surface area (Å²) in [5.41, 5.74) is 2.03. The number of hydrogen-bond acceptors (Lipinski definition) is 1. The lowest BCUT2D eigenvalue weighted by atomic mass is 10.1. The van der Waals surface area contributed by atoms with Crippen molar-refractivity contribution in [2.75, 3.05) is 9.74 Å². The van der Waals surface area contributed by atoms with Crippen molar-refractivity contribution in [2.45, 2.75) is 32.6 Å². The van der Waals surface area contributed by atoms with Crippen molar-refractivity contribution in [1.82, 2.24) is 0 Å². The highest BCUT2D eigenvalue weighted by molar-refractivity contribution is 14.1. The molecule has 1 N–H and O–H groups in total. The fraction of sp³-hybridized carbons (Fsp3) is 0.400. The largest absolute Gasteiger partial charge is 0.326 e. The second-order valence-corrected chi connectivity index (χ2v) is 5.32. The van der Waals surface area contributed by atoms with E-state index < -0.39 is 0 Å². The fourth-order valence-corrected chi connectivity index (χ4v) is 2.17. The van der Waals surface area contributed by atoms with Crippen LogP contribution in [-0.2, 0) is 4.79 Å². The van der Waals surface area contributed by atoms with Crippen molar-refractivity contribution in [2.24, 2.45) is 0 Å². The number of carbonyl (C=O) groups excluding carboxylic acids is 1. The van der Waals surface area contributed by atoms with Gasteiger partial charge in [0, 0.05) is 12.6 Å². The molecule has 0 unspecified atom stereocenters. The first kappa shape index (κ1) is 15.2. The van der Waals surface area contributed by atoms with Crippen molar-refractivity contribution in [3.05, 3.63) is 35.9 Å². The molecular weight excluding hydrogens is 337 g/mol. The predicted molar refractivity (Wildman–Crippen MR) is 87.1 cm³/mol. The summed E-state index contributed by atoms with van der Waals surface area (Å²) >= 11 is 2.42. The van der Waals surface area contributed by atoms with E-state index in [0.29, 0.717) is 0 Å². The zero-order valence-electron chi connectivity index (χ0n) is 10.8. The molecule has 0 bridgehead atoms. The third-order valence-electron chi connectivity index (χ3n) is 2.55. The molecule has 0 spiro atoms. The molecule has 0 fully saturated rings. The molecule has 0 aromatic heterocycles. The molecule has 0 saturated heterocycles. The molecular formula is C15H20INO. The lowest BCUT2D eigenvalue weighted by molar-refractivity contribution is -0.114. The zero-order valence-corrected chi connectivity index (χ0v) is 12.9. The topological polar surface area (TPSA) is 29.1 Å². The van der Waals surface area contributed by atoms with Gasteiger partial charge in [-0.1, -0.05) is 53.3 Å². The number of unbranched alkanes of at least 4 members (excludes halogenated alkanes) is 3. The van der Waals surface area contributed by atoms with Crippen LogP contribution in [0, 0.1) is 0 Å². The number of hydrogen-bond donors (Lipinski definition) is 1. The number of allylic oxidation sites excluding steroid dienone is 1. The summed E-state index contributed by atoms with van der Waals surface area (Å²) in [6.45, 7) is 1.52. The molecule has 1 rings (SSSR count). The van der Waals surface area contributed by atoms with Crippen molar-refractivity contribution in [1.29, 1.82) is 0 Å². The minimum atomic E-state index is -0.0337. The Labute approximate surface area is 123 Å². The van der Waals surface area contributed by atoms with Gasteiger partial charge in [-0.25, -0.2) is 0 Å². The summed E-state index contributed by atoms with van der Waals surface area (Å²) < 4.78 is 1.26. The van der Waals surface area contributed by atoms with E-state index in [1.807, 2.05) is 24.3 Å². The smallest absolute Gasteiger partial charge is 0.221 e. The van der Waals surface area contributed by atoms with Crippen LogP contribution in [0.2, 0.25) is 0 Å². The van der Waals surface area contributed by atoms with Crippen LogP contribution in [-0.4, -0.2) is 10.3 Å². The van der Waals surface area contributed by atoms with Crippen LogP contribution < -0.4 is 5.32 Å². The maximum absolute atomic E-state index is 10.9. The third kappa shape index (κ3) is 6.79. The Morgan fingerprint density at radius 1 is 1.22 bits per heavy atom. The number of halogens is 1. The van der Waals surface area contributed by atoms with Crippen molar-refractivity contribution >= 4 is 40.3 Å². The van der Waals surface area contributed by atoms with E-state index in [9.17, 15) is 4.79 Å². The first-order valence-electron chi connectivity index (χ1n) is 6.32. The molecule has 1 amide bonds. The number of nitrogens with one attached hydrogen (secondary N) is 1. The highest BCUT2D eigenvalue weighted by atomic mass is 127. The second-order valence-electron chi connectivity index (χ2n) is 4.24. The zero-order chi connectivity index (χ0) is 13.2. The van der Waals surface area contributed by atoms with E-state index >= 15 is 0 Å². The van der Waals surface area contributed by atoms with E-state index in [-0.39, 0.29) is 5.91 Å². The number of alkyl halides is 1. The molecule has 0 heterocycles. The van der Waals surface area contributed by atoms with E-state index in [2.05, 4.69) is 40.1 Å². The maximum atomic E-state index is 10.9. The van der Waals surface area contributed by atoms with Crippen LogP contribution in [0.3, 0.4) is 0 Å². The Balaban J connectivity index is 2.34. The van der Waals surface area contributed by atoms with Crippen LogP contribution in [0.15, 0.2) is 30.3 Å². The van der Waals surface area contributed by atoms with Gasteiger partial charge in [0.1, 0.15) is 0 Å². The van der Waals surface area contributed by atoms with Gasteiger partial charge in [-0.2, -0.15) is 0 Å². The highest BCUT2D eigenvalue weighted by Gasteiger charge is 1.94. The molecule has 3 heteroatoms. The quantitative estimate of drug-likeness (QED) is 0.429. The van der Waals surface area contributed by atoms with Crippen molar-refractivity contribution in [3.8, 4) is 0 Å². The van der Waals surface area contributed by atoms with E-state index in [0.717, 1.165) is 12.1 Å². The summed E-state index contributed by atoms with van der Waals surface area (Å²) in [6.07, 6.45) is 9.41. The molecule has 0 aliphatic heterocycles. The number of benzene rings is 1. The summed E-state index contributed by atoms with van der Waals surface area (Å²) in [4.78, 5) is 10.9. The lowest BCUT2D eigenvalue weighted by Crippen LogP contribution is -2.05. The minimum absolute atomic E-state index is 0.0337. The highest BCUT2D eigenvalue weighted by Crippen LogP contribution is 2.11. The summed E-state index contributed by atoms with van der Waals surface area (Å²) in [6, 6.07) is 7.90. The number of carbonyl (C=O) groups is 1. The molecule has 98 valence electrons. The Bertz CT molecular complexity index is 384. The Morgan fingerprint density at radius 3 is 2.56 bits per heavy atom. The van der Waals surface area contributed by atoms with Gasteiger partial charge in [0.05, 0.1) is 0 Å². The second kappa shape index (κ2) is 9.14. The number of anilines is 1. The van der Waals surface area contributed by atoms with Crippen LogP contribution in [0.5, 0.6) is 0 Å². The lowest BCUT2D eigenvalue weighted by Gasteiger charge is -2.01. The molecule has 18 heavy (non-hydrogen) atoms. The van der Waals surface area contributed by atoms with Crippen LogP contribution in [0.1, 0.15) is 38.2 Å². The molecule has 0 radical (unpaired) electrons. The molecule has 1 aromatic rings. The van der Waals surface area contributed by atoms with Crippen LogP contribution >= 0.6 is 22.6 Å². The van der Waals surface area contributed by atoms with Gasteiger partial charge in [-0.15, -0.1) is 0 Å². The van der Waals surface area contributed by atoms with Crippen molar-refractivity contribution in [3.63, 3.8) is 0 Å². The summed E-state index contributed by atoms with van der Waals surface area (Å²) in [5.74, 6) is -0.0337. The Kier molecular flexibility index (Phi) is 7.73. The first-order chi connectivity index (χ1) is 8.72. The van der Waals surface area contributed by atoms with Gasteiger partial charge < -0.3 is 5.32 Å². The SMILES string of the molecule is CC(=O)Nc1ccc(C=CCCCCCI)cc1.